The van der Waals surface area contributed by atoms with E-state index >= 15 is 0 Å². The lowest BCUT2D eigenvalue weighted by atomic mass is 10.1. The second-order valence-electron chi connectivity index (χ2n) is 4.21. The van der Waals surface area contributed by atoms with Crippen molar-refractivity contribution in [2.24, 2.45) is 7.05 Å². The van der Waals surface area contributed by atoms with Gasteiger partial charge in [-0.15, -0.1) is 0 Å². The van der Waals surface area contributed by atoms with Gasteiger partial charge in [-0.3, -0.25) is 4.68 Å². The van der Waals surface area contributed by atoms with Crippen molar-refractivity contribution in [2.45, 2.75) is 6.54 Å². The first-order valence-electron chi connectivity index (χ1n) is 5.89. The Kier molecular flexibility index (Phi) is 2.68. The highest BCUT2D eigenvalue weighted by atomic mass is 15.3. The molecule has 3 rings (SSSR count). The molecule has 0 fully saturated rings. The molecule has 0 unspecified atom stereocenters. The minimum Gasteiger partial charge on any atom is -0.364 e. The Hall–Kier alpha value is -2.36. The Balaban J connectivity index is 1.86. The Labute approximate surface area is 105 Å². The Morgan fingerprint density at radius 2 is 2.06 bits per heavy atom. The number of anilines is 1. The summed E-state index contributed by atoms with van der Waals surface area (Å²) in [6.07, 6.45) is 3.76. The molecule has 90 valence electrons. The van der Waals surface area contributed by atoms with Crippen molar-refractivity contribution < 1.29 is 0 Å². The fraction of sp³-hybridized carbons (Fsp3) is 0.143. The van der Waals surface area contributed by atoms with Gasteiger partial charge in [0.2, 0.25) is 0 Å². The Morgan fingerprint density at radius 1 is 1.17 bits per heavy atom. The molecule has 0 atom stereocenters. The summed E-state index contributed by atoms with van der Waals surface area (Å²) in [5, 5.41) is 9.99. The maximum Gasteiger partial charge on any atom is 0.134 e. The lowest BCUT2D eigenvalue weighted by Crippen LogP contribution is -2.03. The SMILES string of the molecule is Cn1ccc(CNc2nccc3ccccc23)n1. The summed E-state index contributed by atoms with van der Waals surface area (Å²) >= 11 is 0. The van der Waals surface area contributed by atoms with Crippen LogP contribution in [-0.4, -0.2) is 14.8 Å². The number of nitrogens with zero attached hydrogens (tertiary/aromatic N) is 3. The third kappa shape index (κ3) is 2.05. The number of benzene rings is 1. The molecule has 18 heavy (non-hydrogen) atoms. The minimum absolute atomic E-state index is 0.682. The van der Waals surface area contributed by atoms with Crippen LogP contribution in [-0.2, 0) is 13.6 Å². The molecule has 0 aliphatic carbocycles. The van der Waals surface area contributed by atoms with Crippen molar-refractivity contribution in [1.82, 2.24) is 14.8 Å². The van der Waals surface area contributed by atoms with Crippen LogP contribution < -0.4 is 5.32 Å². The second-order valence-corrected chi connectivity index (χ2v) is 4.21. The van der Waals surface area contributed by atoms with Crippen LogP contribution in [0.25, 0.3) is 10.8 Å². The summed E-state index contributed by atoms with van der Waals surface area (Å²) in [5.74, 6) is 0.902. The summed E-state index contributed by atoms with van der Waals surface area (Å²) in [6.45, 7) is 0.682. The summed E-state index contributed by atoms with van der Waals surface area (Å²) in [5.41, 5.74) is 1.01. The molecule has 0 spiro atoms. The number of nitrogens with one attached hydrogen (secondary N) is 1. The van der Waals surface area contributed by atoms with E-state index in [1.807, 2.05) is 43.7 Å². The Morgan fingerprint density at radius 3 is 2.89 bits per heavy atom. The van der Waals surface area contributed by atoms with Crippen molar-refractivity contribution >= 4 is 16.6 Å². The number of hydrogen-bond acceptors (Lipinski definition) is 3. The van der Waals surface area contributed by atoms with E-state index in [4.69, 9.17) is 0 Å². The van der Waals surface area contributed by atoms with Crippen LogP contribution in [0.2, 0.25) is 0 Å². The first-order valence-corrected chi connectivity index (χ1v) is 5.89. The lowest BCUT2D eigenvalue weighted by Gasteiger charge is -2.07. The highest BCUT2D eigenvalue weighted by molar-refractivity contribution is 5.91. The number of rotatable bonds is 3. The third-order valence-electron chi connectivity index (χ3n) is 2.88. The normalized spacial score (nSPS) is 10.7. The molecular formula is C14H14N4. The van der Waals surface area contributed by atoms with Gasteiger partial charge in [-0.25, -0.2) is 4.98 Å². The molecule has 0 aliphatic rings. The van der Waals surface area contributed by atoms with Crippen molar-refractivity contribution in [1.29, 1.82) is 0 Å². The molecular weight excluding hydrogens is 224 g/mol. The standard InChI is InChI=1S/C14H14N4/c1-18-9-7-12(17-18)10-16-14-13-5-3-2-4-11(13)6-8-15-14/h2-9H,10H2,1H3,(H,15,16). The van der Waals surface area contributed by atoms with E-state index in [2.05, 4.69) is 27.5 Å². The van der Waals surface area contributed by atoms with Gasteiger partial charge in [-0.2, -0.15) is 5.10 Å². The molecule has 2 aromatic heterocycles. The molecule has 0 radical (unpaired) electrons. The molecule has 1 aromatic carbocycles. The zero-order chi connectivity index (χ0) is 12.4. The number of pyridine rings is 1. The molecule has 0 amide bonds. The van der Waals surface area contributed by atoms with Gasteiger partial charge in [-0.05, 0) is 17.5 Å². The first kappa shape index (κ1) is 10.8. The van der Waals surface area contributed by atoms with Gasteiger partial charge in [0.05, 0.1) is 12.2 Å². The fourth-order valence-corrected chi connectivity index (χ4v) is 1.99. The number of aryl methyl sites for hydroxylation is 1. The van der Waals surface area contributed by atoms with E-state index in [0.29, 0.717) is 6.54 Å². The highest BCUT2D eigenvalue weighted by Crippen LogP contribution is 2.20. The van der Waals surface area contributed by atoms with Gasteiger partial charge in [0.15, 0.2) is 0 Å². The summed E-state index contributed by atoms with van der Waals surface area (Å²) in [7, 11) is 1.92. The van der Waals surface area contributed by atoms with Gasteiger partial charge >= 0.3 is 0 Å². The van der Waals surface area contributed by atoms with E-state index in [1.54, 1.807) is 4.68 Å². The average Bonchev–Trinajstić information content (AvgIpc) is 2.82. The van der Waals surface area contributed by atoms with E-state index in [0.717, 1.165) is 16.9 Å². The number of fused-ring (bicyclic) bond motifs is 1. The maximum atomic E-state index is 4.38. The molecule has 1 N–H and O–H groups in total. The Bertz CT molecular complexity index is 667. The van der Waals surface area contributed by atoms with Crippen LogP contribution in [0.4, 0.5) is 5.82 Å². The average molecular weight is 238 g/mol. The fourth-order valence-electron chi connectivity index (χ4n) is 1.99. The number of hydrogen-bond donors (Lipinski definition) is 1. The second kappa shape index (κ2) is 4.49. The van der Waals surface area contributed by atoms with E-state index in [-0.39, 0.29) is 0 Å². The van der Waals surface area contributed by atoms with Crippen molar-refractivity contribution in [3.8, 4) is 0 Å². The zero-order valence-corrected chi connectivity index (χ0v) is 10.2. The molecule has 3 aromatic rings. The number of aromatic nitrogens is 3. The molecule has 4 nitrogen and oxygen atoms in total. The smallest absolute Gasteiger partial charge is 0.134 e. The minimum atomic E-state index is 0.682. The maximum absolute atomic E-state index is 4.38. The van der Waals surface area contributed by atoms with E-state index < -0.39 is 0 Å². The summed E-state index contributed by atoms with van der Waals surface area (Å²) < 4.78 is 1.80. The van der Waals surface area contributed by atoms with Gasteiger partial charge in [0.1, 0.15) is 5.82 Å². The monoisotopic (exact) mass is 238 g/mol. The van der Waals surface area contributed by atoms with Crippen LogP contribution >= 0.6 is 0 Å². The van der Waals surface area contributed by atoms with Crippen LogP contribution in [0.5, 0.6) is 0 Å². The van der Waals surface area contributed by atoms with Gasteiger partial charge in [0.25, 0.3) is 0 Å². The topological polar surface area (TPSA) is 42.7 Å². The molecule has 0 aliphatic heterocycles. The molecule has 0 saturated heterocycles. The van der Waals surface area contributed by atoms with Crippen LogP contribution in [0.3, 0.4) is 0 Å². The van der Waals surface area contributed by atoms with Crippen molar-refractivity contribution in [3.63, 3.8) is 0 Å². The largest absolute Gasteiger partial charge is 0.364 e. The quantitative estimate of drug-likeness (QED) is 0.762. The van der Waals surface area contributed by atoms with E-state index in [9.17, 15) is 0 Å². The van der Waals surface area contributed by atoms with Gasteiger partial charge in [-0.1, -0.05) is 24.3 Å². The van der Waals surface area contributed by atoms with E-state index in [1.165, 1.54) is 5.39 Å². The predicted octanol–water partition coefficient (Wildman–Crippen LogP) is 2.58. The highest BCUT2D eigenvalue weighted by Gasteiger charge is 2.02. The lowest BCUT2D eigenvalue weighted by molar-refractivity contribution is 0.747. The van der Waals surface area contributed by atoms with Gasteiger partial charge < -0.3 is 5.32 Å². The van der Waals surface area contributed by atoms with Crippen LogP contribution in [0.1, 0.15) is 5.69 Å². The third-order valence-corrected chi connectivity index (χ3v) is 2.88. The summed E-state index contributed by atoms with van der Waals surface area (Å²) in [4.78, 5) is 4.38. The predicted molar refractivity (Wildman–Crippen MR) is 72.3 cm³/mol. The first-order chi connectivity index (χ1) is 8.83. The zero-order valence-electron chi connectivity index (χ0n) is 10.2. The molecule has 0 bridgehead atoms. The molecule has 4 heteroatoms. The van der Waals surface area contributed by atoms with Crippen molar-refractivity contribution in [3.05, 3.63) is 54.5 Å². The molecule has 2 heterocycles. The van der Waals surface area contributed by atoms with Gasteiger partial charge in [0, 0.05) is 24.8 Å². The van der Waals surface area contributed by atoms with Crippen LogP contribution in [0.15, 0.2) is 48.8 Å². The molecule has 0 saturated carbocycles. The van der Waals surface area contributed by atoms with Crippen molar-refractivity contribution in [2.75, 3.05) is 5.32 Å². The van der Waals surface area contributed by atoms with Crippen LogP contribution in [0, 0.1) is 0 Å². The summed E-state index contributed by atoms with van der Waals surface area (Å²) in [6, 6.07) is 12.2.